The molecule has 0 aliphatic carbocycles. The molecule has 1 saturated heterocycles. The number of nitrogens with one attached hydrogen (secondary N) is 1. The van der Waals surface area contributed by atoms with E-state index >= 15 is 0 Å². The van der Waals surface area contributed by atoms with E-state index in [2.05, 4.69) is 5.32 Å². The number of ether oxygens (including phenoxy) is 3. The average Bonchev–Trinajstić information content (AvgIpc) is 3.18. The molecule has 0 spiro atoms. The van der Waals surface area contributed by atoms with Crippen LogP contribution in [0.2, 0.25) is 0 Å². The molecule has 2 atom stereocenters. The number of amides is 2. The van der Waals surface area contributed by atoms with E-state index in [4.69, 9.17) is 14.2 Å². The summed E-state index contributed by atoms with van der Waals surface area (Å²) in [4.78, 5) is 38.6. The van der Waals surface area contributed by atoms with Crippen LogP contribution in [-0.4, -0.2) is 45.2 Å². The summed E-state index contributed by atoms with van der Waals surface area (Å²) in [6.07, 6.45) is 0.00997. The molecule has 31 heavy (non-hydrogen) atoms. The second kappa shape index (κ2) is 9.97. The summed E-state index contributed by atoms with van der Waals surface area (Å²) in [7, 11) is 3.04. The molecule has 1 heterocycles. The zero-order chi connectivity index (χ0) is 22.4. The second-order valence-corrected chi connectivity index (χ2v) is 7.25. The summed E-state index contributed by atoms with van der Waals surface area (Å²) in [5.41, 5.74) is 1.51. The van der Waals surface area contributed by atoms with Gasteiger partial charge in [-0.15, -0.1) is 0 Å². The van der Waals surface area contributed by atoms with Crippen LogP contribution < -0.4 is 19.7 Å². The first kappa shape index (κ1) is 22.1. The summed E-state index contributed by atoms with van der Waals surface area (Å²) in [5.74, 6) is -0.783. The molecule has 2 amide bonds. The van der Waals surface area contributed by atoms with Crippen LogP contribution >= 0.6 is 0 Å². The lowest BCUT2D eigenvalue weighted by molar-refractivity contribution is -0.152. The Labute approximate surface area is 181 Å². The molecular formula is C23H26N2O6. The fourth-order valence-corrected chi connectivity index (χ4v) is 3.47. The third kappa shape index (κ3) is 5.33. The van der Waals surface area contributed by atoms with Gasteiger partial charge in [-0.25, -0.2) is 0 Å². The van der Waals surface area contributed by atoms with Gasteiger partial charge in [0, 0.05) is 19.0 Å². The van der Waals surface area contributed by atoms with Crippen molar-refractivity contribution in [1.82, 2.24) is 5.32 Å². The van der Waals surface area contributed by atoms with Gasteiger partial charge in [0.25, 0.3) is 5.91 Å². The molecule has 8 nitrogen and oxygen atoms in total. The third-order valence-electron chi connectivity index (χ3n) is 5.16. The van der Waals surface area contributed by atoms with E-state index < -0.39 is 24.4 Å². The van der Waals surface area contributed by atoms with Crippen molar-refractivity contribution in [2.24, 2.45) is 5.92 Å². The SMILES string of the molecule is COc1ccc(N2C[C@@H](C(=O)OCC(=O)N[C@H](C)c3ccccc3)CC2=O)c(OC)c1. The Morgan fingerprint density at radius 2 is 1.87 bits per heavy atom. The number of methoxy groups -OCH3 is 2. The number of hydrogen-bond donors (Lipinski definition) is 1. The molecule has 1 aliphatic rings. The maximum atomic E-state index is 12.5. The Bertz CT molecular complexity index is 946. The summed E-state index contributed by atoms with van der Waals surface area (Å²) in [6.45, 7) is 1.61. The summed E-state index contributed by atoms with van der Waals surface area (Å²) in [6, 6.07) is 14.4. The monoisotopic (exact) mass is 426 g/mol. The van der Waals surface area contributed by atoms with E-state index in [0.29, 0.717) is 17.2 Å². The maximum absolute atomic E-state index is 12.5. The number of esters is 1. The standard InChI is InChI=1S/C23H26N2O6/c1-15(16-7-5-4-6-8-16)24-21(26)14-31-23(28)17-11-22(27)25(13-17)19-10-9-18(29-2)12-20(19)30-3/h4-10,12,15,17H,11,13-14H2,1-3H3,(H,24,26)/t15-,17+/m1/s1. The van der Waals surface area contributed by atoms with E-state index in [1.165, 1.54) is 19.1 Å². The lowest BCUT2D eigenvalue weighted by Gasteiger charge is -2.20. The van der Waals surface area contributed by atoms with Crippen molar-refractivity contribution < 1.29 is 28.6 Å². The number of carbonyl (C=O) groups excluding carboxylic acids is 3. The Hall–Kier alpha value is -3.55. The van der Waals surface area contributed by atoms with Crippen molar-refractivity contribution in [3.63, 3.8) is 0 Å². The molecule has 164 valence electrons. The molecule has 1 N–H and O–H groups in total. The Morgan fingerprint density at radius 3 is 2.55 bits per heavy atom. The maximum Gasteiger partial charge on any atom is 0.311 e. The number of nitrogens with zero attached hydrogens (tertiary/aromatic N) is 1. The normalized spacial score (nSPS) is 16.5. The van der Waals surface area contributed by atoms with Crippen LogP contribution in [0.3, 0.4) is 0 Å². The minimum Gasteiger partial charge on any atom is -0.497 e. The quantitative estimate of drug-likeness (QED) is 0.652. The Morgan fingerprint density at radius 1 is 1.13 bits per heavy atom. The Kier molecular flexibility index (Phi) is 7.12. The minimum atomic E-state index is -0.654. The lowest BCUT2D eigenvalue weighted by atomic mass is 10.1. The molecule has 2 aromatic carbocycles. The number of carbonyl (C=O) groups is 3. The predicted molar refractivity (Wildman–Crippen MR) is 114 cm³/mol. The van der Waals surface area contributed by atoms with Crippen LogP contribution in [0, 0.1) is 5.92 Å². The highest BCUT2D eigenvalue weighted by Gasteiger charge is 2.37. The van der Waals surface area contributed by atoms with Gasteiger partial charge in [0.05, 0.1) is 31.9 Å². The van der Waals surface area contributed by atoms with Gasteiger partial charge in [0.1, 0.15) is 11.5 Å². The fraction of sp³-hybridized carbons (Fsp3) is 0.348. The summed E-state index contributed by atoms with van der Waals surface area (Å²) in [5, 5.41) is 2.79. The highest BCUT2D eigenvalue weighted by atomic mass is 16.5. The topological polar surface area (TPSA) is 94.2 Å². The van der Waals surface area contributed by atoms with Gasteiger partial charge in [-0.2, -0.15) is 0 Å². The van der Waals surface area contributed by atoms with Crippen LogP contribution in [-0.2, 0) is 19.1 Å². The first-order chi connectivity index (χ1) is 14.9. The van der Waals surface area contributed by atoms with Gasteiger partial charge < -0.3 is 24.4 Å². The predicted octanol–water partition coefficient (Wildman–Crippen LogP) is 2.48. The molecule has 0 saturated carbocycles. The molecule has 1 aliphatic heterocycles. The average molecular weight is 426 g/mol. The highest BCUT2D eigenvalue weighted by molar-refractivity contribution is 6.00. The van der Waals surface area contributed by atoms with Crippen LogP contribution in [0.15, 0.2) is 48.5 Å². The minimum absolute atomic E-state index is 0.00997. The van der Waals surface area contributed by atoms with Crippen molar-refractivity contribution in [3.05, 3.63) is 54.1 Å². The molecule has 0 unspecified atom stereocenters. The van der Waals surface area contributed by atoms with Crippen LogP contribution in [0.1, 0.15) is 24.9 Å². The van der Waals surface area contributed by atoms with Gasteiger partial charge >= 0.3 is 5.97 Å². The van der Waals surface area contributed by atoms with Gasteiger partial charge in [0.2, 0.25) is 5.91 Å². The fourth-order valence-electron chi connectivity index (χ4n) is 3.47. The van der Waals surface area contributed by atoms with Crippen molar-refractivity contribution >= 4 is 23.5 Å². The molecule has 8 heteroatoms. The number of benzene rings is 2. The first-order valence-electron chi connectivity index (χ1n) is 9.96. The van der Waals surface area contributed by atoms with Crippen molar-refractivity contribution in [3.8, 4) is 11.5 Å². The van der Waals surface area contributed by atoms with Gasteiger partial charge in [0.15, 0.2) is 6.61 Å². The molecule has 0 aromatic heterocycles. The largest absolute Gasteiger partial charge is 0.497 e. The van der Waals surface area contributed by atoms with E-state index in [1.807, 2.05) is 37.3 Å². The number of rotatable bonds is 8. The smallest absolute Gasteiger partial charge is 0.311 e. The van der Waals surface area contributed by atoms with E-state index in [-0.39, 0.29) is 24.9 Å². The molecule has 0 radical (unpaired) electrons. The number of hydrogen-bond acceptors (Lipinski definition) is 6. The van der Waals surface area contributed by atoms with Crippen molar-refractivity contribution in [2.45, 2.75) is 19.4 Å². The van der Waals surface area contributed by atoms with Crippen molar-refractivity contribution in [1.29, 1.82) is 0 Å². The molecule has 1 fully saturated rings. The number of anilines is 1. The molecule has 0 bridgehead atoms. The van der Waals surface area contributed by atoms with Gasteiger partial charge in [-0.1, -0.05) is 30.3 Å². The lowest BCUT2D eigenvalue weighted by Crippen LogP contribution is -2.32. The summed E-state index contributed by atoms with van der Waals surface area (Å²) < 4.78 is 15.7. The molecular weight excluding hydrogens is 400 g/mol. The third-order valence-corrected chi connectivity index (χ3v) is 5.16. The zero-order valence-electron chi connectivity index (χ0n) is 17.8. The van der Waals surface area contributed by atoms with Crippen LogP contribution in [0.25, 0.3) is 0 Å². The van der Waals surface area contributed by atoms with Crippen LogP contribution in [0.5, 0.6) is 11.5 Å². The van der Waals surface area contributed by atoms with E-state index in [9.17, 15) is 14.4 Å². The zero-order valence-corrected chi connectivity index (χ0v) is 17.8. The molecule has 3 rings (SSSR count). The highest BCUT2D eigenvalue weighted by Crippen LogP contribution is 2.36. The Balaban J connectivity index is 1.55. The summed E-state index contributed by atoms with van der Waals surface area (Å²) >= 11 is 0. The first-order valence-corrected chi connectivity index (χ1v) is 9.96. The molecule has 2 aromatic rings. The second-order valence-electron chi connectivity index (χ2n) is 7.25. The van der Waals surface area contributed by atoms with E-state index in [1.54, 1.807) is 18.2 Å². The van der Waals surface area contributed by atoms with Gasteiger partial charge in [-0.05, 0) is 24.6 Å². The van der Waals surface area contributed by atoms with Gasteiger partial charge in [-0.3, -0.25) is 14.4 Å². The van der Waals surface area contributed by atoms with Crippen LogP contribution in [0.4, 0.5) is 5.69 Å². The van der Waals surface area contributed by atoms with Crippen molar-refractivity contribution in [2.75, 3.05) is 32.3 Å². The van der Waals surface area contributed by atoms with E-state index in [0.717, 1.165) is 5.56 Å².